The smallest absolute Gasteiger partial charge is 0.422 e. The minimum absolute atomic E-state index is 0.0381. The Hall–Kier alpha value is -1.34. The van der Waals surface area contributed by atoms with Gasteiger partial charge in [-0.2, -0.15) is 13.2 Å². The van der Waals surface area contributed by atoms with Crippen LogP contribution >= 0.6 is 11.6 Å². The number of hydrogen-bond acceptors (Lipinski definition) is 3. The van der Waals surface area contributed by atoms with Crippen molar-refractivity contribution >= 4 is 17.6 Å². The maximum Gasteiger partial charge on any atom is 0.422 e. The zero-order valence-electron chi connectivity index (χ0n) is 9.34. The second kappa shape index (κ2) is 5.53. The lowest BCUT2D eigenvalue weighted by atomic mass is 10.1. The van der Waals surface area contributed by atoms with Crippen LogP contribution in [0.15, 0.2) is 12.3 Å². The van der Waals surface area contributed by atoms with Gasteiger partial charge in [-0.3, -0.25) is 4.79 Å². The van der Waals surface area contributed by atoms with Gasteiger partial charge in [0.05, 0.1) is 13.5 Å². The Morgan fingerprint density at radius 2 is 2.22 bits per heavy atom. The van der Waals surface area contributed by atoms with E-state index in [1.165, 1.54) is 7.11 Å². The fourth-order valence-corrected chi connectivity index (χ4v) is 1.52. The summed E-state index contributed by atoms with van der Waals surface area (Å²) in [6, 6.07) is -0.210. The quantitative estimate of drug-likeness (QED) is 0.848. The highest BCUT2D eigenvalue weighted by molar-refractivity contribution is 6.31. The molecule has 1 aromatic rings. The highest BCUT2D eigenvalue weighted by atomic mass is 35.5. The molecule has 0 aliphatic heterocycles. The molecular weight excluding hydrogens is 273 g/mol. The maximum atomic E-state index is 12.4. The summed E-state index contributed by atoms with van der Waals surface area (Å²) >= 11 is 5.69. The van der Waals surface area contributed by atoms with Crippen molar-refractivity contribution in [3.63, 3.8) is 0 Å². The lowest BCUT2D eigenvalue weighted by molar-refractivity contribution is -0.393. The van der Waals surface area contributed by atoms with E-state index in [9.17, 15) is 18.0 Å². The summed E-state index contributed by atoms with van der Waals surface area (Å²) in [4.78, 5) is 13.5. The predicted octanol–water partition coefficient (Wildman–Crippen LogP) is 1.22. The van der Waals surface area contributed by atoms with Gasteiger partial charge in [0, 0.05) is 0 Å². The number of pyridine rings is 1. The normalized spacial score (nSPS) is 13.2. The van der Waals surface area contributed by atoms with Gasteiger partial charge in [0.2, 0.25) is 5.69 Å². The van der Waals surface area contributed by atoms with Gasteiger partial charge in [-0.1, -0.05) is 11.6 Å². The zero-order chi connectivity index (χ0) is 13.9. The van der Waals surface area contributed by atoms with Crippen molar-refractivity contribution in [2.24, 2.45) is 5.73 Å². The van der Waals surface area contributed by atoms with Crippen molar-refractivity contribution < 1.29 is 27.7 Å². The van der Waals surface area contributed by atoms with E-state index < -0.39 is 23.8 Å². The van der Waals surface area contributed by atoms with E-state index in [1.54, 1.807) is 0 Å². The van der Waals surface area contributed by atoms with Gasteiger partial charge in [0.1, 0.15) is 16.6 Å². The highest BCUT2D eigenvalue weighted by Gasteiger charge is 2.34. The standard InChI is InChI=1S/C10H10ClF3N2O2/c1-18-9(17)7(15)3-8-6(11)2-5(4-16-8)10(12,13)14/h2,4,7H,3,15H2,1H3/p+1. The summed E-state index contributed by atoms with van der Waals surface area (Å²) in [7, 11) is 1.17. The molecule has 0 saturated carbocycles. The summed E-state index contributed by atoms with van der Waals surface area (Å²) in [5, 5.41) is -0.135. The lowest BCUT2D eigenvalue weighted by Crippen LogP contribution is -2.36. The number of hydrogen-bond donors (Lipinski definition) is 1. The number of halogens is 4. The van der Waals surface area contributed by atoms with Gasteiger partial charge < -0.3 is 10.5 Å². The van der Waals surface area contributed by atoms with Crippen LogP contribution in [0, 0.1) is 0 Å². The molecule has 0 bridgehead atoms. The molecule has 100 valence electrons. The number of rotatable bonds is 3. The van der Waals surface area contributed by atoms with E-state index in [0.29, 0.717) is 0 Å². The Morgan fingerprint density at radius 1 is 1.61 bits per heavy atom. The summed E-state index contributed by atoms with van der Waals surface area (Å²) in [6.45, 7) is 0. The molecule has 0 aliphatic carbocycles. The largest absolute Gasteiger partial charge is 0.468 e. The van der Waals surface area contributed by atoms with E-state index in [4.69, 9.17) is 17.3 Å². The molecule has 1 aromatic heterocycles. The topological polar surface area (TPSA) is 66.5 Å². The van der Waals surface area contributed by atoms with E-state index in [0.717, 1.165) is 12.3 Å². The minimum atomic E-state index is -4.48. The van der Waals surface area contributed by atoms with Crippen molar-refractivity contribution in [2.45, 2.75) is 18.6 Å². The van der Waals surface area contributed by atoms with Crippen LogP contribution in [0.1, 0.15) is 11.3 Å². The highest BCUT2D eigenvalue weighted by Crippen LogP contribution is 2.30. The van der Waals surface area contributed by atoms with Crippen LogP contribution in [0.4, 0.5) is 13.2 Å². The minimum Gasteiger partial charge on any atom is -0.468 e. The van der Waals surface area contributed by atoms with Crippen LogP contribution in [0.3, 0.4) is 0 Å². The van der Waals surface area contributed by atoms with Crippen molar-refractivity contribution in [1.29, 1.82) is 0 Å². The van der Waals surface area contributed by atoms with Gasteiger partial charge >= 0.3 is 12.1 Å². The molecule has 1 heterocycles. The van der Waals surface area contributed by atoms with E-state index >= 15 is 0 Å². The lowest BCUT2D eigenvalue weighted by Gasteiger charge is -2.08. The number of aromatic amines is 1. The molecule has 1 unspecified atom stereocenters. The first kappa shape index (κ1) is 14.7. The van der Waals surface area contributed by atoms with Crippen LogP contribution in [0.25, 0.3) is 0 Å². The molecule has 0 aromatic carbocycles. The first-order valence-electron chi connectivity index (χ1n) is 4.86. The number of carbonyl (C=O) groups excluding carboxylic acids is 1. The molecule has 8 heteroatoms. The van der Waals surface area contributed by atoms with Crippen LogP contribution in [-0.2, 0) is 22.1 Å². The van der Waals surface area contributed by atoms with Gasteiger partial charge in [-0.25, -0.2) is 4.98 Å². The Kier molecular flexibility index (Phi) is 4.53. The Morgan fingerprint density at radius 3 is 2.67 bits per heavy atom. The summed E-state index contributed by atoms with van der Waals surface area (Å²) in [6.07, 6.45) is -3.75. The Balaban J connectivity index is 2.90. The molecule has 4 nitrogen and oxygen atoms in total. The van der Waals surface area contributed by atoms with E-state index in [1.807, 2.05) is 0 Å². The number of carbonyl (C=O) groups is 1. The number of H-pyrrole nitrogens is 1. The first-order chi connectivity index (χ1) is 8.25. The van der Waals surface area contributed by atoms with Crippen molar-refractivity contribution in [3.05, 3.63) is 28.5 Å². The van der Waals surface area contributed by atoms with Crippen LogP contribution in [0.2, 0.25) is 5.02 Å². The number of aromatic nitrogens is 1. The molecule has 3 N–H and O–H groups in total. The molecule has 0 saturated heterocycles. The number of nitrogens with one attached hydrogen (secondary N) is 1. The number of nitrogens with two attached hydrogens (primary N) is 1. The van der Waals surface area contributed by atoms with Crippen LogP contribution < -0.4 is 10.7 Å². The molecule has 18 heavy (non-hydrogen) atoms. The first-order valence-corrected chi connectivity index (χ1v) is 5.24. The maximum absolute atomic E-state index is 12.4. The Labute approximate surface area is 106 Å². The second-order valence-electron chi connectivity index (χ2n) is 3.55. The Bertz CT molecular complexity index is 451. The van der Waals surface area contributed by atoms with Gasteiger partial charge in [0.15, 0.2) is 6.20 Å². The zero-order valence-corrected chi connectivity index (χ0v) is 10.1. The molecule has 1 rings (SSSR count). The summed E-state index contributed by atoms with van der Waals surface area (Å²) in [5.74, 6) is -0.667. The monoisotopic (exact) mass is 283 g/mol. The fraction of sp³-hybridized carbons (Fsp3) is 0.400. The molecular formula is C10H11ClF3N2O2+. The SMILES string of the molecule is COC(=O)C(N)Cc1[nH+]cc(C(F)(F)F)cc1Cl. The van der Waals surface area contributed by atoms with Crippen molar-refractivity contribution in [3.8, 4) is 0 Å². The van der Waals surface area contributed by atoms with Gasteiger partial charge in [-0.15, -0.1) is 0 Å². The van der Waals surface area contributed by atoms with Gasteiger partial charge in [-0.05, 0) is 6.07 Å². The van der Waals surface area contributed by atoms with Crippen LogP contribution in [-0.4, -0.2) is 19.1 Å². The second-order valence-corrected chi connectivity index (χ2v) is 3.95. The number of alkyl halides is 3. The average Bonchev–Trinajstić information content (AvgIpc) is 2.29. The van der Waals surface area contributed by atoms with Crippen LogP contribution in [0.5, 0.6) is 0 Å². The molecule has 0 radical (unpaired) electrons. The number of ether oxygens (including phenoxy) is 1. The fourth-order valence-electron chi connectivity index (χ4n) is 1.27. The predicted molar refractivity (Wildman–Crippen MR) is 56.7 cm³/mol. The number of methoxy groups -OCH3 is 1. The molecule has 1 atom stereocenters. The summed E-state index contributed by atoms with van der Waals surface area (Å²) < 4.78 is 41.5. The summed E-state index contributed by atoms with van der Waals surface area (Å²) in [5.41, 5.74) is 4.82. The third kappa shape index (κ3) is 3.58. The molecule has 0 spiro atoms. The van der Waals surface area contributed by atoms with E-state index in [-0.39, 0.29) is 17.1 Å². The number of esters is 1. The average molecular weight is 284 g/mol. The van der Waals surface area contributed by atoms with Crippen molar-refractivity contribution in [1.82, 2.24) is 0 Å². The molecule has 0 amide bonds. The third-order valence-electron chi connectivity index (χ3n) is 2.23. The van der Waals surface area contributed by atoms with E-state index in [2.05, 4.69) is 9.72 Å². The van der Waals surface area contributed by atoms with Gasteiger partial charge in [0.25, 0.3) is 0 Å². The molecule has 0 aliphatic rings. The third-order valence-corrected chi connectivity index (χ3v) is 2.56. The molecule has 0 fully saturated rings. The van der Waals surface area contributed by atoms with Crippen molar-refractivity contribution in [2.75, 3.05) is 7.11 Å².